The molecule has 3 rings (SSSR count). The molecule has 1 aliphatic rings. The molecule has 5 nitrogen and oxygen atoms in total. The molecule has 0 bridgehead atoms. The molecule has 2 aromatic rings. The number of rotatable bonds is 4. The summed E-state index contributed by atoms with van der Waals surface area (Å²) in [7, 11) is 1.36. The number of ether oxygens (including phenoxy) is 1. The van der Waals surface area contributed by atoms with Gasteiger partial charge in [0, 0.05) is 16.6 Å². The molecule has 134 valence electrons. The third kappa shape index (κ3) is 4.34. The zero-order valence-electron chi connectivity index (χ0n) is 14.4. The molecule has 0 unspecified atom stereocenters. The number of nitrogens with one attached hydrogen (secondary N) is 1. The first kappa shape index (κ1) is 17.8. The van der Waals surface area contributed by atoms with Gasteiger partial charge < -0.3 is 14.6 Å². The summed E-state index contributed by atoms with van der Waals surface area (Å²) in [5.74, 6) is -0.0861. The fourth-order valence-corrected chi connectivity index (χ4v) is 3.49. The molecule has 1 saturated carbocycles. The van der Waals surface area contributed by atoms with Crippen LogP contribution in [-0.2, 0) is 4.74 Å². The lowest BCUT2D eigenvalue weighted by molar-refractivity contribution is 0.0602. The highest BCUT2D eigenvalue weighted by Crippen LogP contribution is 2.32. The van der Waals surface area contributed by atoms with Crippen LogP contribution in [0.2, 0.25) is 5.02 Å². The fraction of sp³-hybridized carbons (Fsp3) is 0.474. The van der Waals surface area contributed by atoms with Crippen molar-refractivity contribution in [2.45, 2.75) is 51.0 Å². The van der Waals surface area contributed by atoms with E-state index in [0.717, 1.165) is 18.4 Å². The summed E-state index contributed by atoms with van der Waals surface area (Å²) in [6.45, 7) is 0. The Balaban J connectivity index is 1.90. The SMILES string of the molecule is COC(=O)c1c(-c2cccc(Cl)c2)noc1NC1CCCCCCC1. The van der Waals surface area contributed by atoms with Crippen molar-refractivity contribution in [3.63, 3.8) is 0 Å². The first-order valence-electron chi connectivity index (χ1n) is 8.79. The number of hydrogen-bond donors (Lipinski definition) is 1. The van der Waals surface area contributed by atoms with Gasteiger partial charge in [-0.05, 0) is 25.0 Å². The van der Waals surface area contributed by atoms with Crippen LogP contribution >= 0.6 is 11.6 Å². The van der Waals surface area contributed by atoms with E-state index in [1.54, 1.807) is 12.1 Å². The highest BCUT2D eigenvalue weighted by Gasteiger charge is 2.26. The number of anilines is 1. The average molecular weight is 363 g/mol. The Bertz CT molecular complexity index is 721. The zero-order valence-corrected chi connectivity index (χ0v) is 15.1. The Hall–Kier alpha value is -2.01. The van der Waals surface area contributed by atoms with E-state index >= 15 is 0 Å². The topological polar surface area (TPSA) is 64.4 Å². The lowest BCUT2D eigenvalue weighted by atomic mass is 9.96. The van der Waals surface area contributed by atoms with Gasteiger partial charge in [-0.1, -0.05) is 61.0 Å². The average Bonchev–Trinajstić information content (AvgIpc) is 3.00. The minimum atomic E-state index is -0.468. The maximum absolute atomic E-state index is 12.3. The van der Waals surface area contributed by atoms with Crippen LogP contribution in [0.5, 0.6) is 0 Å². The van der Waals surface area contributed by atoms with Crippen LogP contribution in [-0.4, -0.2) is 24.3 Å². The summed E-state index contributed by atoms with van der Waals surface area (Å²) in [6.07, 6.45) is 8.31. The predicted molar refractivity (Wildman–Crippen MR) is 98.0 cm³/mol. The van der Waals surface area contributed by atoms with E-state index in [1.807, 2.05) is 12.1 Å². The number of aromatic nitrogens is 1. The van der Waals surface area contributed by atoms with E-state index in [-0.39, 0.29) is 6.04 Å². The Morgan fingerprint density at radius 2 is 1.96 bits per heavy atom. The number of carbonyl (C=O) groups excluding carboxylic acids is 1. The Labute approximate surface area is 152 Å². The Morgan fingerprint density at radius 1 is 1.24 bits per heavy atom. The smallest absolute Gasteiger partial charge is 0.345 e. The molecule has 25 heavy (non-hydrogen) atoms. The van der Waals surface area contributed by atoms with Crippen LogP contribution in [0.1, 0.15) is 55.3 Å². The summed E-state index contributed by atoms with van der Waals surface area (Å²) >= 11 is 6.07. The maximum Gasteiger partial charge on any atom is 0.345 e. The molecule has 1 aliphatic carbocycles. The number of benzene rings is 1. The number of methoxy groups -OCH3 is 1. The third-order valence-corrected chi connectivity index (χ3v) is 4.86. The molecular formula is C19H23ClN2O3. The van der Waals surface area contributed by atoms with Crippen LogP contribution in [0.3, 0.4) is 0 Å². The van der Waals surface area contributed by atoms with Gasteiger partial charge >= 0.3 is 5.97 Å². The summed E-state index contributed by atoms with van der Waals surface area (Å²) in [5, 5.41) is 8.06. The van der Waals surface area contributed by atoms with E-state index in [4.69, 9.17) is 20.9 Å². The number of esters is 1. The molecule has 6 heteroatoms. The monoisotopic (exact) mass is 362 g/mol. The third-order valence-electron chi connectivity index (χ3n) is 4.62. The molecule has 0 spiro atoms. The van der Waals surface area contributed by atoms with E-state index in [0.29, 0.717) is 22.2 Å². The van der Waals surface area contributed by atoms with Gasteiger partial charge in [-0.25, -0.2) is 4.79 Å². The van der Waals surface area contributed by atoms with Crippen molar-refractivity contribution >= 4 is 23.5 Å². The molecule has 0 saturated heterocycles. The number of halogens is 1. The van der Waals surface area contributed by atoms with Crippen molar-refractivity contribution in [3.8, 4) is 11.3 Å². The maximum atomic E-state index is 12.3. The van der Waals surface area contributed by atoms with Gasteiger partial charge in [0.25, 0.3) is 0 Å². The van der Waals surface area contributed by atoms with Gasteiger partial charge in [-0.2, -0.15) is 0 Å². The van der Waals surface area contributed by atoms with E-state index in [1.165, 1.54) is 39.2 Å². The normalized spacial score (nSPS) is 16.1. The molecule has 1 aromatic carbocycles. The first-order valence-corrected chi connectivity index (χ1v) is 9.17. The summed E-state index contributed by atoms with van der Waals surface area (Å²) in [5.41, 5.74) is 1.50. The first-order chi connectivity index (χ1) is 12.2. The summed E-state index contributed by atoms with van der Waals surface area (Å²) in [4.78, 5) is 12.3. The minimum absolute atomic E-state index is 0.281. The van der Waals surface area contributed by atoms with Crippen molar-refractivity contribution in [1.82, 2.24) is 5.16 Å². The van der Waals surface area contributed by atoms with Crippen LogP contribution in [0, 0.1) is 0 Å². The van der Waals surface area contributed by atoms with Gasteiger partial charge in [0.15, 0.2) is 5.56 Å². The van der Waals surface area contributed by atoms with Crippen LogP contribution in [0.25, 0.3) is 11.3 Å². The summed E-state index contributed by atoms with van der Waals surface area (Å²) < 4.78 is 10.4. The van der Waals surface area contributed by atoms with Crippen molar-refractivity contribution in [1.29, 1.82) is 0 Å². The van der Waals surface area contributed by atoms with E-state index < -0.39 is 5.97 Å². The van der Waals surface area contributed by atoms with Gasteiger partial charge in [0.1, 0.15) is 5.69 Å². The van der Waals surface area contributed by atoms with Crippen LogP contribution in [0.15, 0.2) is 28.8 Å². The standard InChI is InChI=1S/C19H23ClN2O3/c1-24-19(23)16-17(13-8-7-9-14(20)12-13)22-25-18(16)21-15-10-5-3-2-4-6-11-15/h7-9,12,15,21H,2-6,10-11H2,1H3. The quantitative estimate of drug-likeness (QED) is 0.747. The highest BCUT2D eigenvalue weighted by molar-refractivity contribution is 6.30. The molecular weight excluding hydrogens is 340 g/mol. The van der Waals surface area contributed by atoms with Crippen molar-refractivity contribution in [2.24, 2.45) is 0 Å². The largest absolute Gasteiger partial charge is 0.465 e. The summed E-state index contributed by atoms with van der Waals surface area (Å²) in [6, 6.07) is 7.47. The lowest BCUT2D eigenvalue weighted by Crippen LogP contribution is -2.21. The molecule has 0 radical (unpaired) electrons. The van der Waals surface area contributed by atoms with Crippen molar-refractivity contribution < 1.29 is 14.1 Å². The van der Waals surface area contributed by atoms with Gasteiger partial charge in [-0.15, -0.1) is 0 Å². The minimum Gasteiger partial charge on any atom is -0.465 e. The van der Waals surface area contributed by atoms with Crippen molar-refractivity contribution in [2.75, 3.05) is 12.4 Å². The highest BCUT2D eigenvalue weighted by atomic mass is 35.5. The molecule has 1 fully saturated rings. The second-order valence-corrected chi connectivity index (χ2v) is 6.86. The molecule has 0 atom stereocenters. The molecule has 0 amide bonds. The van der Waals surface area contributed by atoms with Gasteiger partial charge in [0.2, 0.25) is 5.88 Å². The molecule has 1 N–H and O–H groups in total. The van der Waals surface area contributed by atoms with Gasteiger partial charge in [-0.3, -0.25) is 0 Å². The van der Waals surface area contributed by atoms with Gasteiger partial charge in [0.05, 0.1) is 7.11 Å². The van der Waals surface area contributed by atoms with Crippen molar-refractivity contribution in [3.05, 3.63) is 34.9 Å². The van der Waals surface area contributed by atoms with E-state index in [2.05, 4.69) is 10.5 Å². The zero-order chi connectivity index (χ0) is 17.6. The lowest BCUT2D eigenvalue weighted by Gasteiger charge is -2.20. The Kier molecular flexibility index (Phi) is 5.97. The second kappa shape index (κ2) is 8.39. The number of carbonyl (C=O) groups is 1. The van der Waals surface area contributed by atoms with E-state index in [9.17, 15) is 4.79 Å². The number of hydrogen-bond acceptors (Lipinski definition) is 5. The number of nitrogens with zero attached hydrogens (tertiary/aromatic N) is 1. The molecule has 0 aliphatic heterocycles. The Morgan fingerprint density at radius 3 is 2.64 bits per heavy atom. The molecule has 1 aromatic heterocycles. The predicted octanol–water partition coefficient (Wildman–Crippen LogP) is 5.31. The van der Waals surface area contributed by atoms with Crippen LogP contribution in [0.4, 0.5) is 5.88 Å². The van der Waals surface area contributed by atoms with Crippen LogP contribution < -0.4 is 5.32 Å². The molecule has 1 heterocycles. The second-order valence-electron chi connectivity index (χ2n) is 6.42. The fourth-order valence-electron chi connectivity index (χ4n) is 3.30.